The van der Waals surface area contributed by atoms with Gasteiger partial charge in [-0.1, -0.05) is 23.2 Å². The Morgan fingerprint density at radius 2 is 1.89 bits per heavy atom. The summed E-state index contributed by atoms with van der Waals surface area (Å²) < 4.78 is 30.6. The molecule has 0 spiro atoms. The van der Waals surface area contributed by atoms with E-state index in [9.17, 15) is 13.2 Å². The maximum Gasteiger partial charge on any atom is 0.303 e. The SMILES string of the molecule is CC(=O)OCS(=O)(=O)c1ccc(-n2cnc(Cl)c2-c2cnccc2Cl)cc1. The Bertz CT molecular complexity index is 1100. The Balaban J connectivity index is 1.98. The highest BCUT2D eigenvalue weighted by atomic mass is 35.5. The summed E-state index contributed by atoms with van der Waals surface area (Å²) in [5, 5.41) is 0.686. The Morgan fingerprint density at radius 1 is 1.19 bits per heavy atom. The number of rotatable bonds is 5. The number of hydrogen-bond donors (Lipinski definition) is 0. The van der Waals surface area contributed by atoms with Crippen molar-refractivity contribution in [3.63, 3.8) is 0 Å². The molecular formula is C17H13Cl2N3O4S. The van der Waals surface area contributed by atoms with Crippen molar-refractivity contribution in [1.29, 1.82) is 0 Å². The minimum absolute atomic E-state index is 0.0275. The number of hydrogen-bond acceptors (Lipinski definition) is 6. The van der Waals surface area contributed by atoms with Gasteiger partial charge in [0.15, 0.2) is 11.1 Å². The number of carbonyl (C=O) groups is 1. The summed E-state index contributed by atoms with van der Waals surface area (Å²) in [5.41, 5.74) is 1.74. The van der Waals surface area contributed by atoms with Crippen LogP contribution in [0.5, 0.6) is 0 Å². The first kappa shape index (κ1) is 19.3. The van der Waals surface area contributed by atoms with Crippen molar-refractivity contribution < 1.29 is 17.9 Å². The number of benzene rings is 1. The van der Waals surface area contributed by atoms with E-state index in [1.807, 2.05) is 0 Å². The van der Waals surface area contributed by atoms with Gasteiger partial charge in [-0.15, -0.1) is 0 Å². The van der Waals surface area contributed by atoms with Gasteiger partial charge in [0.2, 0.25) is 9.84 Å². The molecule has 0 radical (unpaired) electrons. The second-order valence-electron chi connectivity index (χ2n) is 5.47. The number of aromatic nitrogens is 3. The normalized spacial score (nSPS) is 11.4. The molecule has 3 aromatic rings. The first-order valence-electron chi connectivity index (χ1n) is 7.59. The number of sulfone groups is 1. The molecule has 0 aliphatic rings. The largest absolute Gasteiger partial charge is 0.449 e. The number of ether oxygens (including phenoxy) is 1. The van der Waals surface area contributed by atoms with Gasteiger partial charge in [-0.2, -0.15) is 0 Å². The van der Waals surface area contributed by atoms with Gasteiger partial charge in [-0.3, -0.25) is 14.3 Å². The van der Waals surface area contributed by atoms with E-state index in [-0.39, 0.29) is 10.0 Å². The molecule has 1 aromatic carbocycles. The fourth-order valence-corrected chi connectivity index (χ4v) is 3.80. The lowest BCUT2D eigenvalue weighted by molar-refractivity contribution is -0.138. The molecule has 10 heteroatoms. The lowest BCUT2D eigenvalue weighted by Gasteiger charge is -2.11. The van der Waals surface area contributed by atoms with Crippen LogP contribution in [0, 0.1) is 0 Å². The van der Waals surface area contributed by atoms with Crippen molar-refractivity contribution >= 4 is 39.0 Å². The lowest BCUT2D eigenvalue weighted by Crippen LogP contribution is -2.12. The van der Waals surface area contributed by atoms with Crippen LogP contribution in [0.2, 0.25) is 10.2 Å². The maximum atomic E-state index is 12.2. The Kier molecular flexibility index (Phi) is 5.50. The average Bonchev–Trinajstić information content (AvgIpc) is 3.02. The summed E-state index contributed by atoms with van der Waals surface area (Å²) in [6.07, 6.45) is 4.63. The summed E-state index contributed by atoms with van der Waals surface area (Å²) in [7, 11) is -3.74. The molecule has 0 saturated heterocycles. The molecule has 0 aliphatic carbocycles. The zero-order chi connectivity index (χ0) is 19.6. The highest BCUT2D eigenvalue weighted by Crippen LogP contribution is 2.33. The van der Waals surface area contributed by atoms with E-state index >= 15 is 0 Å². The number of imidazole rings is 1. The summed E-state index contributed by atoms with van der Waals surface area (Å²) in [6.45, 7) is 1.15. The highest BCUT2D eigenvalue weighted by Gasteiger charge is 2.19. The number of pyridine rings is 1. The smallest absolute Gasteiger partial charge is 0.303 e. The predicted octanol–water partition coefficient (Wildman–Crippen LogP) is 3.54. The van der Waals surface area contributed by atoms with Crippen molar-refractivity contribution in [2.24, 2.45) is 0 Å². The number of halogens is 2. The van der Waals surface area contributed by atoms with Gasteiger partial charge in [0.25, 0.3) is 0 Å². The first-order chi connectivity index (χ1) is 12.8. The molecular weight excluding hydrogens is 413 g/mol. The van der Waals surface area contributed by atoms with Gasteiger partial charge >= 0.3 is 5.97 Å². The standard InChI is InChI=1S/C17H13Cl2N3O4S/c1-11(23)26-10-27(24,25)13-4-2-12(3-5-13)22-9-21-17(19)16(22)14-8-20-7-6-15(14)18/h2-9H,10H2,1H3. The third-order valence-electron chi connectivity index (χ3n) is 3.64. The van der Waals surface area contributed by atoms with E-state index < -0.39 is 21.7 Å². The quantitative estimate of drug-likeness (QED) is 0.580. The highest BCUT2D eigenvalue weighted by molar-refractivity contribution is 7.91. The zero-order valence-corrected chi connectivity index (χ0v) is 16.3. The predicted molar refractivity (Wildman–Crippen MR) is 101 cm³/mol. The Hall–Kier alpha value is -2.42. The molecule has 2 aromatic heterocycles. The lowest BCUT2D eigenvalue weighted by atomic mass is 10.2. The van der Waals surface area contributed by atoms with Crippen molar-refractivity contribution in [2.45, 2.75) is 11.8 Å². The number of nitrogens with zero attached hydrogens (tertiary/aromatic N) is 3. The molecule has 3 rings (SSSR count). The monoisotopic (exact) mass is 425 g/mol. The molecule has 27 heavy (non-hydrogen) atoms. The van der Waals surface area contributed by atoms with Crippen LogP contribution in [0.15, 0.2) is 53.9 Å². The van der Waals surface area contributed by atoms with Crippen molar-refractivity contribution in [2.75, 3.05) is 5.94 Å². The Labute approximate surface area is 165 Å². The molecule has 0 atom stereocenters. The molecule has 0 N–H and O–H groups in total. The molecule has 0 amide bonds. The topological polar surface area (TPSA) is 91.2 Å². The minimum atomic E-state index is -3.74. The zero-order valence-electron chi connectivity index (χ0n) is 14.0. The second-order valence-corrected chi connectivity index (χ2v) is 8.17. The molecule has 7 nitrogen and oxygen atoms in total. The van der Waals surface area contributed by atoms with Crippen LogP contribution >= 0.6 is 23.2 Å². The van der Waals surface area contributed by atoms with Gasteiger partial charge in [-0.25, -0.2) is 13.4 Å². The van der Waals surface area contributed by atoms with Crippen LogP contribution in [0.3, 0.4) is 0 Å². The van der Waals surface area contributed by atoms with Crippen LogP contribution in [-0.4, -0.2) is 34.9 Å². The van der Waals surface area contributed by atoms with Gasteiger partial charge in [0.05, 0.1) is 15.6 Å². The fraction of sp³-hybridized carbons (Fsp3) is 0.118. The third-order valence-corrected chi connectivity index (χ3v) is 5.66. The van der Waals surface area contributed by atoms with Crippen LogP contribution in [-0.2, 0) is 19.4 Å². The fourth-order valence-electron chi connectivity index (χ4n) is 2.36. The van der Waals surface area contributed by atoms with Gasteiger partial charge < -0.3 is 4.74 Å². The van der Waals surface area contributed by atoms with Gasteiger partial charge in [0, 0.05) is 30.6 Å². The van der Waals surface area contributed by atoms with Crippen LogP contribution in [0.4, 0.5) is 0 Å². The van der Waals surface area contributed by atoms with Crippen molar-refractivity contribution in [1.82, 2.24) is 14.5 Å². The van der Waals surface area contributed by atoms with E-state index in [1.54, 1.807) is 35.2 Å². The number of esters is 1. The summed E-state index contributed by atoms with van der Waals surface area (Å²) >= 11 is 12.4. The third kappa shape index (κ3) is 4.13. The Morgan fingerprint density at radius 3 is 2.52 bits per heavy atom. The van der Waals surface area contributed by atoms with Crippen molar-refractivity contribution in [3.05, 3.63) is 59.2 Å². The van der Waals surface area contributed by atoms with E-state index in [0.717, 1.165) is 6.92 Å². The molecule has 2 heterocycles. The summed E-state index contributed by atoms with van der Waals surface area (Å²) in [6, 6.07) is 7.64. The second kappa shape index (κ2) is 7.67. The van der Waals surface area contributed by atoms with Crippen molar-refractivity contribution in [3.8, 4) is 16.9 Å². The molecule has 0 unspecified atom stereocenters. The van der Waals surface area contributed by atoms with Gasteiger partial charge in [0.1, 0.15) is 6.33 Å². The van der Waals surface area contributed by atoms with Crippen LogP contribution < -0.4 is 0 Å². The maximum absolute atomic E-state index is 12.2. The summed E-state index contributed by atoms with van der Waals surface area (Å²) in [5.74, 6) is -1.38. The molecule has 140 valence electrons. The average molecular weight is 426 g/mol. The van der Waals surface area contributed by atoms with Crippen LogP contribution in [0.1, 0.15) is 6.92 Å². The van der Waals surface area contributed by atoms with E-state index in [4.69, 9.17) is 23.2 Å². The van der Waals surface area contributed by atoms with Crippen LogP contribution in [0.25, 0.3) is 16.9 Å². The molecule has 0 fully saturated rings. The first-order valence-corrected chi connectivity index (χ1v) is 9.99. The molecule has 0 saturated carbocycles. The van der Waals surface area contributed by atoms with E-state index in [2.05, 4.69) is 14.7 Å². The van der Waals surface area contributed by atoms with Gasteiger partial charge in [-0.05, 0) is 30.3 Å². The molecule has 0 bridgehead atoms. The molecule has 0 aliphatic heterocycles. The summed E-state index contributed by atoms with van der Waals surface area (Å²) in [4.78, 5) is 19.0. The van der Waals surface area contributed by atoms with E-state index in [0.29, 0.717) is 22.0 Å². The number of carbonyl (C=O) groups excluding carboxylic acids is 1. The van der Waals surface area contributed by atoms with E-state index in [1.165, 1.54) is 18.5 Å². The minimum Gasteiger partial charge on any atom is -0.449 e.